The van der Waals surface area contributed by atoms with E-state index in [1.54, 1.807) is 24.3 Å². The molecule has 0 bridgehead atoms. The van der Waals surface area contributed by atoms with Gasteiger partial charge in [-0.3, -0.25) is 19.8 Å². The Morgan fingerprint density at radius 2 is 1.55 bits per heavy atom. The summed E-state index contributed by atoms with van der Waals surface area (Å²) in [7, 11) is 0. The fraction of sp³-hybridized carbons (Fsp3) is 0.0952. The number of nitrogens with one attached hydrogen (secondary N) is 1. The Balaban J connectivity index is 1.84. The summed E-state index contributed by atoms with van der Waals surface area (Å²) in [6.07, 6.45) is -1.45. The number of rotatable bonds is 4. The molecule has 1 saturated heterocycles. The first kappa shape index (κ1) is 20.5. The van der Waals surface area contributed by atoms with Gasteiger partial charge in [-0.25, -0.2) is 0 Å². The highest BCUT2D eigenvalue weighted by atomic mass is 32.1. The van der Waals surface area contributed by atoms with E-state index in [4.69, 9.17) is 12.2 Å². The summed E-state index contributed by atoms with van der Waals surface area (Å²) in [4.78, 5) is 25.9. The third kappa shape index (κ3) is 4.43. The lowest BCUT2D eigenvalue weighted by Gasteiger charge is -2.27. The topological polar surface area (TPSA) is 49.4 Å². The molecule has 1 aliphatic heterocycles. The Labute approximate surface area is 170 Å². The molecule has 0 aromatic heterocycles. The monoisotopic (exact) mass is 416 g/mol. The van der Waals surface area contributed by atoms with Crippen molar-refractivity contribution in [2.75, 3.05) is 6.54 Å². The molecular formula is C21H15F3N2O2S. The van der Waals surface area contributed by atoms with Crippen molar-refractivity contribution in [2.24, 2.45) is 0 Å². The van der Waals surface area contributed by atoms with E-state index >= 15 is 0 Å². The van der Waals surface area contributed by atoms with Crippen LogP contribution in [0, 0.1) is 0 Å². The summed E-state index contributed by atoms with van der Waals surface area (Å²) in [6, 6.07) is 11.6. The van der Waals surface area contributed by atoms with Crippen molar-refractivity contribution >= 4 is 35.2 Å². The zero-order chi connectivity index (χ0) is 21.2. The lowest BCUT2D eigenvalue weighted by Crippen LogP contribution is -2.53. The van der Waals surface area contributed by atoms with Crippen LogP contribution < -0.4 is 5.32 Å². The smallest absolute Gasteiger partial charge is 0.298 e. The van der Waals surface area contributed by atoms with Crippen molar-refractivity contribution in [1.29, 1.82) is 0 Å². The van der Waals surface area contributed by atoms with Gasteiger partial charge in [0.2, 0.25) is 0 Å². The normalized spacial score (nSPS) is 16.2. The van der Waals surface area contributed by atoms with Crippen LogP contribution in [0.1, 0.15) is 11.1 Å². The molecule has 1 N–H and O–H groups in total. The number of benzene rings is 2. The van der Waals surface area contributed by atoms with Crippen molar-refractivity contribution < 1.29 is 22.8 Å². The molecule has 0 radical (unpaired) electrons. The van der Waals surface area contributed by atoms with Crippen molar-refractivity contribution in [3.05, 3.63) is 77.9 Å². The first-order chi connectivity index (χ1) is 13.7. The van der Waals surface area contributed by atoms with Crippen molar-refractivity contribution in [3.63, 3.8) is 0 Å². The molecule has 0 aliphatic carbocycles. The van der Waals surface area contributed by atoms with Gasteiger partial charge in [0.25, 0.3) is 11.8 Å². The number of nitrogens with zero attached hydrogens (tertiary/aromatic N) is 1. The number of hydrogen-bond donors (Lipinski definition) is 1. The zero-order valence-corrected chi connectivity index (χ0v) is 15.8. The Morgan fingerprint density at radius 1 is 1.00 bits per heavy atom. The summed E-state index contributed by atoms with van der Waals surface area (Å²) >= 11 is 5.00. The summed E-state index contributed by atoms with van der Waals surface area (Å²) in [5, 5.41) is 2.48. The summed E-state index contributed by atoms with van der Waals surface area (Å²) in [6.45, 7) is 3.73. The highest BCUT2D eigenvalue weighted by Gasteiger charge is 2.32. The zero-order valence-electron chi connectivity index (χ0n) is 15.0. The maximum absolute atomic E-state index is 12.7. The van der Waals surface area contributed by atoms with Gasteiger partial charge in [-0.15, -0.1) is 6.58 Å². The Bertz CT molecular complexity index is 1010. The standard InChI is InChI=1S/C21H15F3N2O2S/c1-2-11-26-19(28)17(18(27)25-20(26)29)12-13-3-5-14(6-4-13)15-7-9-16(10-8-15)21(22,23)24/h2-10,12H,1,11H2,(H,25,27,29). The second-order valence-corrected chi connectivity index (χ2v) is 6.61. The second kappa shape index (κ2) is 8.00. The average molecular weight is 416 g/mol. The maximum atomic E-state index is 12.7. The molecule has 2 amide bonds. The quantitative estimate of drug-likeness (QED) is 0.352. The van der Waals surface area contributed by atoms with Crippen LogP contribution in [-0.4, -0.2) is 28.4 Å². The van der Waals surface area contributed by atoms with Crippen LogP contribution in [0.5, 0.6) is 0 Å². The Morgan fingerprint density at radius 3 is 2.07 bits per heavy atom. The molecule has 29 heavy (non-hydrogen) atoms. The molecule has 148 valence electrons. The Hall–Kier alpha value is -3.26. The van der Waals surface area contributed by atoms with Crippen LogP contribution in [0.25, 0.3) is 17.2 Å². The lowest BCUT2D eigenvalue weighted by molar-refractivity contribution is -0.137. The molecule has 0 atom stereocenters. The molecule has 1 aliphatic rings. The van der Waals surface area contributed by atoms with Crippen LogP contribution in [0.15, 0.2) is 66.8 Å². The number of carbonyl (C=O) groups is 2. The van der Waals surface area contributed by atoms with E-state index in [1.807, 2.05) is 0 Å². The van der Waals surface area contributed by atoms with Gasteiger partial charge in [-0.1, -0.05) is 42.5 Å². The van der Waals surface area contributed by atoms with Crippen LogP contribution in [-0.2, 0) is 15.8 Å². The number of halogens is 3. The number of thiocarbonyl (C=S) groups is 1. The highest BCUT2D eigenvalue weighted by molar-refractivity contribution is 7.80. The van der Waals surface area contributed by atoms with Crippen LogP contribution >= 0.6 is 12.2 Å². The highest BCUT2D eigenvalue weighted by Crippen LogP contribution is 2.31. The predicted molar refractivity (Wildman–Crippen MR) is 108 cm³/mol. The van der Waals surface area contributed by atoms with E-state index in [2.05, 4.69) is 11.9 Å². The molecule has 1 fully saturated rings. The molecule has 3 rings (SSSR count). The van der Waals surface area contributed by atoms with Gasteiger partial charge in [0.05, 0.1) is 5.56 Å². The first-order valence-electron chi connectivity index (χ1n) is 8.48. The van der Waals surface area contributed by atoms with Gasteiger partial charge >= 0.3 is 6.18 Å². The molecule has 8 heteroatoms. The van der Waals surface area contributed by atoms with Crippen molar-refractivity contribution in [2.45, 2.75) is 6.18 Å². The summed E-state index contributed by atoms with van der Waals surface area (Å²) in [5.74, 6) is -1.11. The van der Waals surface area contributed by atoms with E-state index in [0.717, 1.165) is 12.1 Å². The van der Waals surface area contributed by atoms with Gasteiger partial charge in [-0.05, 0) is 47.1 Å². The van der Waals surface area contributed by atoms with E-state index < -0.39 is 23.6 Å². The lowest BCUT2D eigenvalue weighted by atomic mass is 10.0. The minimum absolute atomic E-state index is 0.0229. The molecule has 0 unspecified atom stereocenters. The molecule has 2 aromatic rings. The molecule has 2 aromatic carbocycles. The largest absolute Gasteiger partial charge is 0.416 e. The van der Waals surface area contributed by atoms with E-state index in [1.165, 1.54) is 29.2 Å². The molecular weight excluding hydrogens is 401 g/mol. The second-order valence-electron chi connectivity index (χ2n) is 6.22. The summed E-state index contributed by atoms with van der Waals surface area (Å²) in [5.41, 5.74) is 1.13. The fourth-order valence-electron chi connectivity index (χ4n) is 2.78. The minimum Gasteiger partial charge on any atom is -0.298 e. The van der Waals surface area contributed by atoms with E-state index in [0.29, 0.717) is 16.7 Å². The maximum Gasteiger partial charge on any atom is 0.416 e. The number of hydrogen-bond acceptors (Lipinski definition) is 3. The van der Waals surface area contributed by atoms with E-state index in [-0.39, 0.29) is 17.2 Å². The number of alkyl halides is 3. The SMILES string of the molecule is C=CCN1C(=O)C(=Cc2ccc(-c3ccc(C(F)(F)F)cc3)cc2)C(=O)NC1=S. The number of amides is 2. The predicted octanol–water partition coefficient (Wildman–Crippen LogP) is 4.19. The molecule has 4 nitrogen and oxygen atoms in total. The average Bonchev–Trinajstić information content (AvgIpc) is 2.68. The fourth-order valence-corrected chi connectivity index (χ4v) is 3.03. The van der Waals surface area contributed by atoms with E-state index in [9.17, 15) is 22.8 Å². The van der Waals surface area contributed by atoms with Crippen molar-refractivity contribution in [3.8, 4) is 11.1 Å². The third-order valence-electron chi connectivity index (χ3n) is 4.26. The van der Waals surface area contributed by atoms with Gasteiger partial charge in [-0.2, -0.15) is 13.2 Å². The van der Waals surface area contributed by atoms with Crippen LogP contribution in [0.3, 0.4) is 0 Å². The molecule has 0 saturated carbocycles. The minimum atomic E-state index is -4.39. The molecule has 0 spiro atoms. The van der Waals surface area contributed by atoms with Gasteiger partial charge in [0, 0.05) is 6.54 Å². The van der Waals surface area contributed by atoms with Crippen LogP contribution in [0.2, 0.25) is 0 Å². The number of carbonyl (C=O) groups excluding carboxylic acids is 2. The van der Waals surface area contributed by atoms with Gasteiger partial charge in [0.15, 0.2) is 5.11 Å². The van der Waals surface area contributed by atoms with Crippen molar-refractivity contribution in [1.82, 2.24) is 10.2 Å². The first-order valence-corrected chi connectivity index (χ1v) is 8.89. The third-order valence-corrected chi connectivity index (χ3v) is 4.59. The van der Waals surface area contributed by atoms with Crippen LogP contribution in [0.4, 0.5) is 13.2 Å². The Kier molecular flexibility index (Phi) is 5.65. The van der Waals surface area contributed by atoms with Gasteiger partial charge in [0.1, 0.15) is 5.57 Å². The summed E-state index contributed by atoms with van der Waals surface area (Å²) < 4.78 is 38.0. The molecule has 1 heterocycles. The van der Waals surface area contributed by atoms with Gasteiger partial charge < -0.3 is 0 Å².